The Morgan fingerprint density at radius 2 is 1.84 bits per heavy atom. The molecule has 2 heteroatoms. The van der Waals surface area contributed by atoms with Crippen LogP contribution in [-0.2, 0) is 4.74 Å². The maximum atomic E-state index is 5.94. The summed E-state index contributed by atoms with van der Waals surface area (Å²) in [4.78, 5) is 0. The highest BCUT2D eigenvalue weighted by Crippen LogP contribution is 2.34. The number of rotatable bonds is 5. The maximum Gasteiger partial charge on any atom is 0.0866 e. The van der Waals surface area contributed by atoms with Gasteiger partial charge in [0.1, 0.15) is 0 Å². The lowest BCUT2D eigenvalue weighted by molar-refractivity contribution is 0.0900. The molecular weight excluding hydrogens is 234 g/mol. The molecule has 2 rings (SSSR count). The number of nitrogens with one attached hydrogen (secondary N) is 1. The largest absolute Gasteiger partial charge is 0.373 e. The van der Waals surface area contributed by atoms with Gasteiger partial charge in [-0.1, -0.05) is 52.0 Å². The summed E-state index contributed by atoms with van der Waals surface area (Å²) in [5.74, 6) is 1.20. The number of benzene rings is 1. The van der Waals surface area contributed by atoms with E-state index in [1.807, 2.05) is 0 Å². The van der Waals surface area contributed by atoms with Crippen LogP contribution in [0.5, 0.6) is 0 Å². The monoisotopic (exact) mass is 261 g/mol. The summed E-state index contributed by atoms with van der Waals surface area (Å²) in [5.41, 5.74) is 2.73. The predicted octanol–water partition coefficient (Wildman–Crippen LogP) is 3.89. The maximum absolute atomic E-state index is 5.94. The van der Waals surface area contributed by atoms with E-state index in [9.17, 15) is 0 Å². The number of hydrogen-bond donors (Lipinski definition) is 1. The second-order valence-electron chi connectivity index (χ2n) is 6.22. The van der Waals surface area contributed by atoms with Crippen molar-refractivity contribution in [3.8, 4) is 0 Å². The number of hydrogen-bond acceptors (Lipinski definition) is 2. The van der Waals surface area contributed by atoms with Crippen LogP contribution in [0.2, 0.25) is 0 Å². The van der Waals surface area contributed by atoms with Crippen molar-refractivity contribution in [2.75, 3.05) is 13.2 Å². The van der Waals surface area contributed by atoms with Crippen molar-refractivity contribution in [3.63, 3.8) is 0 Å². The van der Waals surface area contributed by atoms with E-state index in [4.69, 9.17) is 4.74 Å². The Morgan fingerprint density at radius 1 is 1.16 bits per heavy atom. The first kappa shape index (κ1) is 14.5. The van der Waals surface area contributed by atoms with Crippen molar-refractivity contribution in [1.82, 2.24) is 5.32 Å². The fraction of sp³-hybridized carbons (Fsp3) is 0.647. The van der Waals surface area contributed by atoms with E-state index < -0.39 is 0 Å². The molecule has 1 N–H and O–H groups in total. The van der Waals surface area contributed by atoms with Crippen molar-refractivity contribution in [1.29, 1.82) is 0 Å². The molecular formula is C17H27NO. The second kappa shape index (κ2) is 6.53. The summed E-state index contributed by atoms with van der Waals surface area (Å²) in [6, 6.07) is 9.52. The molecule has 1 aromatic rings. The van der Waals surface area contributed by atoms with Gasteiger partial charge in [-0.15, -0.1) is 0 Å². The summed E-state index contributed by atoms with van der Waals surface area (Å²) in [5, 5.41) is 3.54. The summed E-state index contributed by atoms with van der Waals surface area (Å²) in [6.07, 6.45) is 1.43. The Kier molecular flexibility index (Phi) is 5.00. The van der Waals surface area contributed by atoms with E-state index in [1.54, 1.807) is 0 Å². The Hall–Kier alpha value is -0.860. The third kappa shape index (κ3) is 3.80. The first-order valence-corrected chi connectivity index (χ1v) is 7.52. The first-order valence-electron chi connectivity index (χ1n) is 7.52. The zero-order valence-corrected chi connectivity index (χ0v) is 12.6. The molecule has 0 spiro atoms. The van der Waals surface area contributed by atoms with Crippen LogP contribution in [0.4, 0.5) is 0 Å². The van der Waals surface area contributed by atoms with Gasteiger partial charge >= 0.3 is 0 Å². The molecule has 0 radical (unpaired) electrons. The average molecular weight is 261 g/mol. The van der Waals surface area contributed by atoms with E-state index in [2.05, 4.69) is 57.3 Å². The van der Waals surface area contributed by atoms with E-state index >= 15 is 0 Å². The van der Waals surface area contributed by atoms with Crippen molar-refractivity contribution in [2.24, 2.45) is 5.92 Å². The molecule has 0 aliphatic carbocycles. The van der Waals surface area contributed by atoms with Gasteiger partial charge in [0, 0.05) is 25.1 Å². The Labute approximate surface area is 117 Å². The van der Waals surface area contributed by atoms with Gasteiger partial charge < -0.3 is 10.1 Å². The summed E-state index contributed by atoms with van der Waals surface area (Å²) >= 11 is 0. The van der Waals surface area contributed by atoms with Crippen LogP contribution >= 0.6 is 0 Å². The Bertz CT molecular complexity index is 383. The average Bonchev–Trinajstić information content (AvgIpc) is 2.84. The van der Waals surface area contributed by atoms with Crippen LogP contribution in [0.25, 0.3) is 0 Å². The van der Waals surface area contributed by atoms with E-state index in [0.717, 1.165) is 19.6 Å². The van der Waals surface area contributed by atoms with Crippen molar-refractivity contribution < 1.29 is 4.74 Å². The summed E-state index contributed by atoms with van der Waals surface area (Å²) in [7, 11) is 0. The smallest absolute Gasteiger partial charge is 0.0866 e. The molecule has 106 valence electrons. The fourth-order valence-electron chi connectivity index (χ4n) is 2.67. The van der Waals surface area contributed by atoms with Crippen molar-refractivity contribution in [3.05, 3.63) is 35.4 Å². The molecule has 0 aromatic heterocycles. The first-order chi connectivity index (χ1) is 9.08. The highest BCUT2D eigenvalue weighted by molar-refractivity contribution is 5.27. The molecule has 0 amide bonds. The van der Waals surface area contributed by atoms with Crippen molar-refractivity contribution >= 4 is 0 Å². The van der Waals surface area contributed by atoms with Crippen LogP contribution in [-0.4, -0.2) is 19.2 Å². The molecule has 2 unspecified atom stereocenters. The van der Waals surface area contributed by atoms with Gasteiger partial charge in [-0.25, -0.2) is 0 Å². The summed E-state index contributed by atoms with van der Waals surface area (Å²) < 4.78 is 5.94. The second-order valence-corrected chi connectivity index (χ2v) is 6.22. The lowest BCUT2D eigenvalue weighted by Gasteiger charge is -2.21. The molecule has 1 aliphatic rings. The zero-order chi connectivity index (χ0) is 13.8. The minimum atomic E-state index is 0.271. The van der Waals surface area contributed by atoms with E-state index in [-0.39, 0.29) is 6.10 Å². The van der Waals surface area contributed by atoms with Crippen molar-refractivity contribution in [2.45, 2.75) is 52.2 Å². The molecule has 1 heterocycles. The fourth-order valence-corrected chi connectivity index (χ4v) is 2.67. The summed E-state index contributed by atoms with van der Waals surface area (Å²) in [6.45, 7) is 10.8. The van der Waals surface area contributed by atoms with Crippen LogP contribution in [0.15, 0.2) is 24.3 Å². The highest BCUT2D eigenvalue weighted by Gasteiger charge is 2.29. The standard InChI is InChI=1S/C17H27NO/c1-12(2)14-5-7-15(8-6-14)17-16(9-10-19-17)11-18-13(3)4/h5-8,12-13,16-18H,9-11H2,1-4H3. The molecule has 2 nitrogen and oxygen atoms in total. The third-order valence-corrected chi connectivity index (χ3v) is 3.93. The predicted molar refractivity (Wildman–Crippen MR) is 80.5 cm³/mol. The minimum Gasteiger partial charge on any atom is -0.373 e. The molecule has 2 atom stereocenters. The topological polar surface area (TPSA) is 21.3 Å². The van der Waals surface area contributed by atoms with Crippen LogP contribution in [0.3, 0.4) is 0 Å². The third-order valence-electron chi connectivity index (χ3n) is 3.93. The molecule has 19 heavy (non-hydrogen) atoms. The van der Waals surface area contributed by atoms with Gasteiger partial charge in [-0.05, 0) is 23.5 Å². The van der Waals surface area contributed by atoms with Crippen LogP contribution in [0.1, 0.15) is 57.3 Å². The van der Waals surface area contributed by atoms with Crippen LogP contribution in [0, 0.1) is 5.92 Å². The highest BCUT2D eigenvalue weighted by atomic mass is 16.5. The Morgan fingerprint density at radius 3 is 2.42 bits per heavy atom. The quantitative estimate of drug-likeness (QED) is 0.868. The van der Waals surface area contributed by atoms with Gasteiger partial charge in [-0.2, -0.15) is 0 Å². The molecule has 1 aliphatic heterocycles. The molecule has 0 saturated carbocycles. The lowest BCUT2D eigenvalue weighted by Crippen LogP contribution is -2.30. The van der Waals surface area contributed by atoms with Gasteiger partial charge in [0.25, 0.3) is 0 Å². The van der Waals surface area contributed by atoms with Crippen LogP contribution < -0.4 is 5.32 Å². The molecule has 1 aromatic carbocycles. The minimum absolute atomic E-state index is 0.271. The lowest BCUT2D eigenvalue weighted by atomic mass is 9.93. The van der Waals surface area contributed by atoms with E-state index in [1.165, 1.54) is 11.1 Å². The van der Waals surface area contributed by atoms with Gasteiger partial charge in [0.05, 0.1) is 6.10 Å². The van der Waals surface area contributed by atoms with E-state index in [0.29, 0.717) is 17.9 Å². The molecule has 1 saturated heterocycles. The SMILES string of the molecule is CC(C)NCC1CCOC1c1ccc(C(C)C)cc1. The molecule has 0 bridgehead atoms. The van der Waals surface area contributed by atoms with Gasteiger partial charge in [0.2, 0.25) is 0 Å². The number of ether oxygens (including phenoxy) is 1. The Balaban J connectivity index is 2.02. The normalized spacial score (nSPS) is 23.5. The van der Waals surface area contributed by atoms with Gasteiger partial charge in [0.15, 0.2) is 0 Å². The zero-order valence-electron chi connectivity index (χ0n) is 12.6. The van der Waals surface area contributed by atoms with Gasteiger partial charge in [-0.3, -0.25) is 0 Å². The molecule has 1 fully saturated rings.